The Morgan fingerprint density at radius 1 is 0.944 bits per heavy atom. The Bertz CT molecular complexity index is 294. The fraction of sp³-hybridized carbons (Fsp3) is 0.600. The minimum absolute atomic E-state index is 0.0185. The molecule has 0 spiro atoms. The van der Waals surface area contributed by atoms with Crippen molar-refractivity contribution in [2.24, 2.45) is 5.10 Å². The molecule has 3 aliphatic rings. The van der Waals surface area contributed by atoms with Gasteiger partial charge in [0.25, 0.3) is 0 Å². The van der Waals surface area contributed by atoms with Crippen molar-refractivity contribution in [3.05, 3.63) is 0 Å². The molecule has 0 unspecified atom stereocenters. The quantitative estimate of drug-likeness (QED) is 0.431. The molecule has 0 aromatic carbocycles. The molecule has 0 aliphatic carbocycles. The lowest BCUT2D eigenvalue weighted by atomic mass is 10.4. The highest BCUT2D eigenvalue weighted by Crippen LogP contribution is 1.93. The van der Waals surface area contributed by atoms with Crippen LogP contribution in [0.5, 0.6) is 0 Å². The van der Waals surface area contributed by atoms with Crippen LogP contribution in [0.2, 0.25) is 0 Å². The number of hydrogen-bond donors (Lipinski definition) is 4. The predicted octanol–water partition coefficient (Wildman–Crippen LogP) is -1.31. The summed E-state index contributed by atoms with van der Waals surface area (Å²) < 4.78 is 0. The van der Waals surface area contributed by atoms with Gasteiger partial charge in [0.15, 0.2) is 0 Å². The van der Waals surface area contributed by atoms with Crippen molar-refractivity contribution in [3.8, 4) is 0 Å². The van der Waals surface area contributed by atoms with E-state index in [0.29, 0.717) is 6.42 Å². The first kappa shape index (κ1) is 13.9. The van der Waals surface area contributed by atoms with Gasteiger partial charge < -0.3 is 16.0 Å². The van der Waals surface area contributed by atoms with E-state index in [1.54, 1.807) is 6.21 Å². The standard InChI is InChI=1S/C4H7NO.C3H6N2O.C3H4N2O/c6-4-2-1-3-5-4;6-3-4-1-2-5-3;6-3-1-2-4-5-3/h1-3H2,(H,5,6);1-2H2,(H2,4,5,6);2H,1H2,(H,5,6). The predicted molar refractivity (Wildman–Crippen MR) is 64.9 cm³/mol. The van der Waals surface area contributed by atoms with Crippen LogP contribution in [0, 0.1) is 0 Å². The highest BCUT2D eigenvalue weighted by molar-refractivity contribution is 5.93. The number of urea groups is 1. The van der Waals surface area contributed by atoms with Crippen molar-refractivity contribution in [2.75, 3.05) is 19.6 Å². The molecule has 18 heavy (non-hydrogen) atoms. The monoisotopic (exact) mass is 255 g/mol. The number of hydrogen-bond acceptors (Lipinski definition) is 4. The van der Waals surface area contributed by atoms with E-state index in [0.717, 1.165) is 32.5 Å². The molecule has 100 valence electrons. The Kier molecular flexibility index (Phi) is 6.23. The van der Waals surface area contributed by atoms with Crippen LogP contribution in [0.15, 0.2) is 5.10 Å². The molecule has 4 N–H and O–H groups in total. The second kappa shape index (κ2) is 8.04. The molecule has 3 rings (SSSR count). The van der Waals surface area contributed by atoms with Crippen LogP contribution >= 0.6 is 0 Å². The highest BCUT2D eigenvalue weighted by atomic mass is 16.2. The molecule has 0 saturated carbocycles. The summed E-state index contributed by atoms with van der Waals surface area (Å²) in [7, 11) is 0. The minimum atomic E-state index is -0.0463. The topological polar surface area (TPSA) is 112 Å². The summed E-state index contributed by atoms with van der Waals surface area (Å²) in [4.78, 5) is 30.2. The smallest absolute Gasteiger partial charge is 0.314 e. The lowest BCUT2D eigenvalue weighted by molar-refractivity contribution is -0.119. The first-order valence-corrected chi connectivity index (χ1v) is 5.77. The third kappa shape index (κ3) is 6.46. The van der Waals surface area contributed by atoms with Gasteiger partial charge in [0.2, 0.25) is 11.8 Å². The molecular weight excluding hydrogens is 238 g/mol. The van der Waals surface area contributed by atoms with Crippen molar-refractivity contribution >= 4 is 24.1 Å². The van der Waals surface area contributed by atoms with Gasteiger partial charge in [0.05, 0.1) is 6.42 Å². The minimum Gasteiger partial charge on any atom is -0.356 e. The van der Waals surface area contributed by atoms with Crippen molar-refractivity contribution in [1.82, 2.24) is 21.4 Å². The van der Waals surface area contributed by atoms with E-state index in [1.807, 2.05) is 0 Å². The maximum absolute atomic E-state index is 10.1. The van der Waals surface area contributed by atoms with E-state index >= 15 is 0 Å². The molecule has 0 radical (unpaired) electrons. The van der Waals surface area contributed by atoms with Gasteiger partial charge in [-0.15, -0.1) is 0 Å². The third-order valence-corrected chi connectivity index (χ3v) is 2.16. The van der Waals surface area contributed by atoms with Gasteiger partial charge in [0, 0.05) is 32.3 Å². The van der Waals surface area contributed by atoms with Crippen molar-refractivity contribution in [2.45, 2.75) is 19.3 Å². The molecule has 3 aliphatic heterocycles. The number of nitrogens with zero attached hydrogens (tertiary/aromatic N) is 1. The SMILES string of the molecule is O=C1CC=NN1.O=C1CCCN1.O=C1NCCN1. The van der Waals surface area contributed by atoms with E-state index in [2.05, 4.69) is 26.5 Å². The molecule has 0 atom stereocenters. The van der Waals surface area contributed by atoms with E-state index in [-0.39, 0.29) is 17.8 Å². The molecule has 2 saturated heterocycles. The number of carbonyl (C=O) groups is 3. The van der Waals surface area contributed by atoms with E-state index < -0.39 is 0 Å². The lowest BCUT2D eigenvalue weighted by Gasteiger charge is -1.80. The molecule has 4 amide bonds. The van der Waals surface area contributed by atoms with Gasteiger partial charge in [-0.1, -0.05) is 0 Å². The zero-order valence-corrected chi connectivity index (χ0v) is 9.99. The summed E-state index contributed by atoms with van der Waals surface area (Å²) >= 11 is 0. The van der Waals surface area contributed by atoms with Crippen LogP contribution in [0.4, 0.5) is 4.79 Å². The molecule has 8 heteroatoms. The van der Waals surface area contributed by atoms with Crippen LogP contribution in [0.25, 0.3) is 0 Å². The Balaban J connectivity index is 0.000000135. The van der Waals surface area contributed by atoms with Gasteiger partial charge in [0.1, 0.15) is 0 Å². The number of rotatable bonds is 0. The van der Waals surface area contributed by atoms with Gasteiger partial charge in [-0.25, -0.2) is 10.2 Å². The molecular formula is C10H17N5O3. The first-order chi connectivity index (χ1) is 8.68. The fourth-order valence-corrected chi connectivity index (χ4v) is 1.27. The largest absolute Gasteiger partial charge is 0.356 e. The Labute approximate surface area is 105 Å². The third-order valence-electron chi connectivity index (χ3n) is 2.16. The number of nitrogens with one attached hydrogen (secondary N) is 4. The van der Waals surface area contributed by atoms with Gasteiger partial charge in [-0.3, -0.25) is 9.59 Å². The summed E-state index contributed by atoms with van der Waals surface area (Å²) in [5, 5.41) is 11.3. The Morgan fingerprint density at radius 2 is 1.67 bits per heavy atom. The van der Waals surface area contributed by atoms with Crippen molar-refractivity contribution < 1.29 is 14.4 Å². The normalized spacial score (nSPS) is 19.7. The Morgan fingerprint density at radius 3 is 1.83 bits per heavy atom. The van der Waals surface area contributed by atoms with Crippen molar-refractivity contribution in [1.29, 1.82) is 0 Å². The number of hydrazone groups is 1. The number of carbonyl (C=O) groups excluding carboxylic acids is 3. The fourth-order valence-electron chi connectivity index (χ4n) is 1.27. The molecule has 0 bridgehead atoms. The zero-order valence-electron chi connectivity index (χ0n) is 9.99. The zero-order chi connectivity index (χ0) is 13.2. The van der Waals surface area contributed by atoms with Crippen LogP contribution in [-0.4, -0.2) is 43.7 Å². The molecule has 3 heterocycles. The highest BCUT2D eigenvalue weighted by Gasteiger charge is 2.05. The molecule has 8 nitrogen and oxygen atoms in total. The van der Waals surface area contributed by atoms with Crippen LogP contribution < -0.4 is 21.4 Å². The van der Waals surface area contributed by atoms with E-state index in [9.17, 15) is 14.4 Å². The summed E-state index contributed by atoms with van der Waals surface area (Å²) in [6.45, 7) is 2.44. The average Bonchev–Trinajstić information content (AvgIpc) is 3.05. The van der Waals surface area contributed by atoms with Gasteiger partial charge in [-0.2, -0.15) is 5.10 Å². The lowest BCUT2D eigenvalue weighted by Crippen LogP contribution is -2.20. The van der Waals surface area contributed by atoms with Crippen LogP contribution in [0.3, 0.4) is 0 Å². The summed E-state index contributed by atoms with van der Waals surface area (Å²) in [5.74, 6) is 0.185. The maximum atomic E-state index is 10.1. The van der Waals surface area contributed by atoms with Crippen LogP contribution in [0.1, 0.15) is 19.3 Å². The second-order valence-electron chi connectivity index (χ2n) is 3.69. The van der Waals surface area contributed by atoms with Gasteiger partial charge >= 0.3 is 6.03 Å². The average molecular weight is 255 g/mol. The molecule has 0 aromatic heterocycles. The molecule has 0 aromatic rings. The first-order valence-electron chi connectivity index (χ1n) is 5.77. The Hall–Kier alpha value is -2.12. The number of amides is 4. The van der Waals surface area contributed by atoms with E-state index in [1.165, 1.54) is 0 Å². The summed E-state index contributed by atoms with van der Waals surface area (Å²) in [5.41, 5.74) is 2.25. The van der Waals surface area contributed by atoms with Gasteiger partial charge in [-0.05, 0) is 6.42 Å². The second-order valence-corrected chi connectivity index (χ2v) is 3.69. The van der Waals surface area contributed by atoms with E-state index in [4.69, 9.17) is 0 Å². The van der Waals surface area contributed by atoms with Crippen LogP contribution in [-0.2, 0) is 9.59 Å². The maximum Gasteiger partial charge on any atom is 0.314 e. The van der Waals surface area contributed by atoms with Crippen molar-refractivity contribution in [3.63, 3.8) is 0 Å². The molecule has 2 fully saturated rings. The summed E-state index contributed by atoms with van der Waals surface area (Å²) in [6.07, 6.45) is 3.75. The summed E-state index contributed by atoms with van der Waals surface area (Å²) in [6, 6.07) is -0.0463.